The predicted molar refractivity (Wildman–Crippen MR) is 365 cm³/mol. The number of carboxylic acids is 3. The van der Waals surface area contributed by atoms with Crippen LogP contribution in [0.25, 0.3) is 0 Å². The van der Waals surface area contributed by atoms with E-state index in [9.17, 15) is 102 Å². The molecule has 101 heavy (non-hydrogen) atoms. The monoisotopic (exact) mass is 1460 g/mol. The third-order valence-electron chi connectivity index (χ3n) is 15.4. The predicted octanol–water partition coefficient (Wildman–Crippen LogP) is -7.74. The summed E-state index contributed by atoms with van der Waals surface area (Å²) in [5.74, 6) is -21.1. The Morgan fingerprint density at radius 2 is 0.832 bits per heavy atom. The van der Waals surface area contributed by atoms with E-state index in [-0.39, 0.29) is 45.1 Å². The number of unbranched alkanes of at least 4 members (excludes halogenated alkanes) is 3. The summed E-state index contributed by atoms with van der Waals surface area (Å²) in [4.78, 5) is 224. The topological polar surface area (TPSA) is 658 Å². The Bertz CT molecular complexity index is 2800. The molecule has 0 aromatic heterocycles. The maximum absolute atomic E-state index is 14.2. The van der Waals surface area contributed by atoms with Crippen LogP contribution in [0.15, 0.2) is 0 Å². The van der Waals surface area contributed by atoms with Crippen LogP contribution in [0.3, 0.4) is 0 Å². The molecule has 0 unspecified atom stereocenters. The summed E-state index contributed by atoms with van der Waals surface area (Å²) in [6, 6.07) is -18.8. The van der Waals surface area contributed by atoms with Gasteiger partial charge < -0.3 is 118 Å². The molecule has 40 heteroatoms. The molecule has 574 valence electrons. The fourth-order valence-corrected chi connectivity index (χ4v) is 9.64. The van der Waals surface area contributed by atoms with Crippen molar-refractivity contribution in [3.05, 3.63) is 0 Å². The van der Waals surface area contributed by atoms with Crippen LogP contribution in [0.1, 0.15) is 145 Å². The highest BCUT2D eigenvalue weighted by atomic mass is 32.1. The molecule has 27 N–H and O–H groups in total. The molecule has 39 nitrogen and oxygen atoms in total. The van der Waals surface area contributed by atoms with E-state index < -0.39 is 242 Å². The number of aliphatic hydroxyl groups excluding tert-OH is 1. The smallest absolute Gasteiger partial charge is 0.326 e. The standard InChI is InChI=1S/C61H108N18O21S/c1-8-32(6)49(79-51(89)34(65)15-9-12-20-62)60(98)76-41(28-80)57(95)77-42(29-101)58(96)75-39(24-46(84)85)55(93)71-35(16-10-13-21-63)53(91)74-40(25-47(86)87)56(94)73-38(23-30(2)3)54(92)72-36(18-19-43(66)81)52(90)69-33(7)50(88)78-48(31(4)5)59(97)68-26-44(82)67-27-45(83)70-37(61(99)100)17-11-14-22-64/h30-42,48-49,80,101H,8-29,62-65H2,1-7H3,(H2,66,81)(H,67,82)(H,68,97)(H,69,90)(H,70,83)(H,71,93)(H,72,92)(H,73,94)(H,74,91)(H,75,96)(H,76,98)(H,77,95)(H,78,88)(H,79,89)(H,84,85)(H,86,87)(H,99,100)/t32-,33-,34-,35-,36-,37-,38-,39-,40-,41-,42-,48-,49-/m0/s1. The highest BCUT2D eigenvalue weighted by Crippen LogP contribution is 2.13. The molecule has 0 fully saturated rings. The summed E-state index contributed by atoms with van der Waals surface area (Å²) in [5.41, 5.74) is 28.0. The Morgan fingerprint density at radius 1 is 0.416 bits per heavy atom. The highest BCUT2D eigenvalue weighted by Gasteiger charge is 2.38. The molecule has 0 heterocycles. The third kappa shape index (κ3) is 37.4. The Balaban J connectivity index is 6.56. The van der Waals surface area contributed by atoms with Crippen molar-refractivity contribution >= 4 is 113 Å². The Hall–Kier alpha value is -8.86. The second kappa shape index (κ2) is 49.6. The number of hydrogen-bond donors (Lipinski definition) is 23. The number of aliphatic hydroxyl groups is 1. The molecule has 0 aliphatic heterocycles. The van der Waals surface area contributed by atoms with E-state index in [1.807, 2.05) is 0 Å². The van der Waals surface area contributed by atoms with Gasteiger partial charge in [0.25, 0.3) is 0 Å². The van der Waals surface area contributed by atoms with Crippen molar-refractivity contribution in [3.8, 4) is 0 Å². The first-order chi connectivity index (χ1) is 47.4. The van der Waals surface area contributed by atoms with Crippen LogP contribution in [0.5, 0.6) is 0 Å². The molecule has 0 spiro atoms. The lowest BCUT2D eigenvalue weighted by molar-refractivity contribution is -0.142. The zero-order valence-corrected chi connectivity index (χ0v) is 59.2. The Labute approximate surface area is 591 Å². The normalized spacial score (nSPS) is 15.0. The molecule has 0 saturated heterocycles. The summed E-state index contributed by atoms with van der Waals surface area (Å²) in [6.07, 6.45) is -0.715. The third-order valence-corrected chi connectivity index (χ3v) is 15.8. The van der Waals surface area contributed by atoms with E-state index in [2.05, 4.69) is 81.7 Å². The molecule has 0 aromatic carbocycles. The van der Waals surface area contributed by atoms with Crippen molar-refractivity contribution in [2.45, 2.75) is 217 Å². The van der Waals surface area contributed by atoms with Gasteiger partial charge >= 0.3 is 17.9 Å². The SMILES string of the molecule is CC[C@H](C)[C@H](NC(=O)[C@@H](N)CCCCN)C(=O)N[C@@H](CO)C(=O)N[C@@H](CS)C(=O)N[C@@H](CC(=O)O)C(=O)N[C@@H](CCCCN)C(=O)N[C@@H](CC(=O)O)C(=O)N[C@@H](CC(C)C)C(=O)N[C@@H](CCC(N)=O)C(=O)N[C@@H](C)C(=O)N[C@H](C(=O)NCC(=O)NCC(=O)N[C@@H](CCCCN)C(=O)O)C(C)C. The highest BCUT2D eigenvalue weighted by molar-refractivity contribution is 7.80. The molecule has 14 amide bonds. The number of primary amides is 1. The van der Waals surface area contributed by atoms with Crippen molar-refractivity contribution in [1.82, 2.24) is 69.1 Å². The molecular weight excluding hydrogens is 1350 g/mol. The van der Waals surface area contributed by atoms with Gasteiger partial charge in [0.15, 0.2) is 0 Å². The van der Waals surface area contributed by atoms with Crippen LogP contribution in [-0.4, -0.2) is 239 Å². The second-order valence-electron chi connectivity index (χ2n) is 24.9. The van der Waals surface area contributed by atoms with Gasteiger partial charge in [0.2, 0.25) is 82.7 Å². The van der Waals surface area contributed by atoms with E-state index in [1.54, 1.807) is 27.7 Å². The summed E-state index contributed by atoms with van der Waals surface area (Å²) < 4.78 is 0. The first-order valence-electron chi connectivity index (χ1n) is 33.3. The van der Waals surface area contributed by atoms with Gasteiger partial charge in [0.1, 0.15) is 66.5 Å². The Morgan fingerprint density at radius 3 is 1.30 bits per heavy atom. The lowest BCUT2D eigenvalue weighted by Crippen LogP contribution is -2.61. The van der Waals surface area contributed by atoms with Crippen molar-refractivity contribution in [1.29, 1.82) is 0 Å². The first kappa shape index (κ1) is 92.1. The summed E-state index contributed by atoms with van der Waals surface area (Å²) >= 11 is 4.11. The van der Waals surface area contributed by atoms with Gasteiger partial charge in [0.05, 0.1) is 38.6 Å². The molecule has 0 bridgehead atoms. The maximum Gasteiger partial charge on any atom is 0.326 e. The number of rotatable bonds is 53. The van der Waals surface area contributed by atoms with Crippen LogP contribution >= 0.6 is 12.6 Å². The minimum atomic E-state index is -2.04. The zero-order valence-electron chi connectivity index (χ0n) is 58.3. The lowest BCUT2D eigenvalue weighted by Gasteiger charge is -2.28. The van der Waals surface area contributed by atoms with Gasteiger partial charge in [-0.25, -0.2) is 4.79 Å². The van der Waals surface area contributed by atoms with Crippen LogP contribution in [-0.2, 0) is 81.5 Å². The van der Waals surface area contributed by atoms with Crippen LogP contribution in [0.4, 0.5) is 0 Å². The number of carbonyl (C=O) groups excluding carboxylic acids is 14. The minimum Gasteiger partial charge on any atom is -0.481 e. The van der Waals surface area contributed by atoms with Crippen molar-refractivity contribution in [2.75, 3.05) is 45.1 Å². The van der Waals surface area contributed by atoms with Gasteiger partial charge in [0, 0.05) is 12.2 Å². The number of nitrogens with one attached hydrogen (secondary N) is 13. The zero-order chi connectivity index (χ0) is 77.2. The molecule has 0 radical (unpaired) electrons. The quantitative estimate of drug-likeness (QED) is 0.0199. The van der Waals surface area contributed by atoms with Crippen molar-refractivity contribution in [3.63, 3.8) is 0 Å². The van der Waals surface area contributed by atoms with Gasteiger partial charge in [-0.3, -0.25) is 76.7 Å². The maximum atomic E-state index is 14.2. The van der Waals surface area contributed by atoms with E-state index in [1.165, 1.54) is 20.8 Å². The molecule has 0 aliphatic carbocycles. The summed E-state index contributed by atoms with van der Waals surface area (Å²) in [5, 5.41) is 69.6. The fourth-order valence-electron chi connectivity index (χ4n) is 9.38. The van der Waals surface area contributed by atoms with Crippen LogP contribution in [0.2, 0.25) is 0 Å². The van der Waals surface area contributed by atoms with E-state index in [0.717, 1.165) is 0 Å². The number of carboxylic acid groups (broad SMARTS) is 3. The molecule has 0 saturated carbocycles. The number of thiol groups is 1. The number of carbonyl (C=O) groups is 17. The summed E-state index contributed by atoms with van der Waals surface area (Å²) in [7, 11) is 0. The van der Waals surface area contributed by atoms with Crippen LogP contribution < -0.4 is 97.8 Å². The van der Waals surface area contributed by atoms with E-state index in [4.69, 9.17) is 28.7 Å². The van der Waals surface area contributed by atoms with Gasteiger partial charge in [-0.15, -0.1) is 0 Å². The second-order valence-corrected chi connectivity index (χ2v) is 25.2. The van der Waals surface area contributed by atoms with Crippen molar-refractivity contribution < 1.29 is 102 Å². The van der Waals surface area contributed by atoms with Gasteiger partial charge in [-0.2, -0.15) is 12.6 Å². The molecule has 13 atom stereocenters. The van der Waals surface area contributed by atoms with E-state index in [0.29, 0.717) is 45.2 Å². The first-order valence-corrected chi connectivity index (χ1v) is 33.9. The molecule has 0 aliphatic rings. The number of nitrogens with two attached hydrogens (primary N) is 5. The van der Waals surface area contributed by atoms with Crippen LogP contribution in [0, 0.1) is 17.8 Å². The average Bonchev–Trinajstić information content (AvgIpc) is 0.866. The minimum absolute atomic E-state index is 0.0643. The van der Waals surface area contributed by atoms with E-state index >= 15 is 0 Å². The van der Waals surface area contributed by atoms with Crippen molar-refractivity contribution in [2.24, 2.45) is 46.4 Å². The van der Waals surface area contributed by atoms with Gasteiger partial charge in [-0.05, 0) is 109 Å². The molecule has 0 rings (SSSR count). The number of amides is 14. The largest absolute Gasteiger partial charge is 0.481 e. The molecule has 0 aromatic rings. The number of hydrogen-bond acceptors (Lipinski definition) is 23. The van der Waals surface area contributed by atoms with Gasteiger partial charge in [-0.1, -0.05) is 54.4 Å². The average molecular weight is 1460 g/mol. The number of aliphatic carboxylic acids is 3. The molecular formula is C61H108N18O21S. The lowest BCUT2D eigenvalue weighted by atomic mass is 9.97. The Kier molecular flexibility index (Phi) is 45.3. The fraction of sp³-hybridized carbons (Fsp3) is 0.721. The summed E-state index contributed by atoms with van der Waals surface area (Å²) in [6.45, 7) is 9.29.